The number of Topliss-reactive ketones (excluding diaryl/α,β-unsaturated/α-hetero) is 1. The van der Waals surface area contributed by atoms with Crippen LogP contribution in [0.5, 0.6) is 0 Å². The molecule has 0 saturated heterocycles. The van der Waals surface area contributed by atoms with Gasteiger partial charge in [0.1, 0.15) is 11.6 Å². The molecule has 0 bridgehead atoms. The van der Waals surface area contributed by atoms with E-state index in [1.165, 1.54) is 0 Å². The zero-order valence-corrected chi connectivity index (χ0v) is 11.1. The van der Waals surface area contributed by atoms with Crippen molar-refractivity contribution in [3.05, 3.63) is 47.3 Å². The third kappa shape index (κ3) is 2.10. The molecule has 0 spiro atoms. The van der Waals surface area contributed by atoms with Gasteiger partial charge in [-0.25, -0.2) is 8.78 Å². The summed E-state index contributed by atoms with van der Waals surface area (Å²) in [5.41, 5.74) is 0.483. The number of fused-ring (bicyclic) bond motifs is 1. The molecule has 0 unspecified atom stereocenters. The van der Waals surface area contributed by atoms with Gasteiger partial charge in [-0.1, -0.05) is 0 Å². The summed E-state index contributed by atoms with van der Waals surface area (Å²) in [6, 6.07) is 3.38. The zero-order valence-electron chi connectivity index (χ0n) is 11.1. The SMILES string of the molecule is Cn1nccc1CCN1C(=O)C(=O)c2c(F)cc(F)cc21. The van der Waals surface area contributed by atoms with Crippen molar-refractivity contribution in [3.63, 3.8) is 0 Å². The maximum absolute atomic E-state index is 13.7. The van der Waals surface area contributed by atoms with Crippen molar-refractivity contribution in [2.45, 2.75) is 6.42 Å². The molecule has 0 atom stereocenters. The molecule has 5 nitrogen and oxygen atoms in total. The van der Waals surface area contributed by atoms with Crippen LogP contribution in [-0.2, 0) is 18.3 Å². The summed E-state index contributed by atoms with van der Waals surface area (Å²) in [6.07, 6.45) is 2.03. The van der Waals surface area contributed by atoms with Crippen molar-refractivity contribution in [2.24, 2.45) is 7.05 Å². The highest BCUT2D eigenvalue weighted by atomic mass is 19.1. The van der Waals surface area contributed by atoms with Gasteiger partial charge in [0.15, 0.2) is 0 Å². The first-order valence-electron chi connectivity index (χ1n) is 6.31. The number of ketones is 1. The average Bonchev–Trinajstić information content (AvgIpc) is 2.92. The molecule has 0 aliphatic carbocycles. The highest BCUT2D eigenvalue weighted by Crippen LogP contribution is 2.32. The van der Waals surface area contributed by atoms with Gasteiger partial charge in [-0.05, 0) is 12.1 Å². The van der Waals surface area contributed by atoms with Gasteiger partial charge in [-0.3, -0.25) is 14.3 Å². The van der Waals surface area contributed by atoms with Gasteiger partial charge in [0.25, 0.3) is 11.7 Å². The molecule has 108 valence electrons. The van der Waals surface area contributed by atoms with E-state index < -0.39 is 23.3 Å². The fourth-order valence-electron chi connectivity index (χ4n) is 2.43. The lowest BCUT2D eigenvalue weighted by atomic mass is 10.1. The molecular weight excluding hydrogens is 280 g/mol. The topological polar surface area (TPSA) is 55.2 Å². The third-order valence-corrected chi connectivity index (χ3v) is 3.51. The number of aryl methyl sites for hydroxylation is 1. The second kappa shape index (κ2) is 4.76. The largest absolute Gasteiger partial charge is 0.304 e. The van der Waals surface area contributed by atoms with Crippen molar-refractivity contribution < 1.29 is 18.4 Å². The Labute approximate surface area is 118 Å². The maximum atomic E-state index is 13.7. The van der Waals surface area contributed by atoms with E-state index in [1.54, 1.807) is 24.0 Å². The van der Waals surface area contributed by atoms with E-state index in [2.05, 4.69) is 5.10 Å². The number of hydrogen-bond donors (Lipinski definition) is 0. The molecule has 0 fully saturated rings. The first-order chi connectivity index (χ1) is 9.99. The molecular formula is C14H11F2N3O2. The number of carbonyl (C=O) groups excluding carboxylic acids is 2. The van der Waals surface area contributed by atoms with E-state index in [9.17, 15) is 18.4 Å². The highest BCUT2D eigenvalue weighted by Gasteiger charge is 2.38. The molecule has 1 aliphatic rings. The molecule has 21 heavy (non-hydrogen) atoms. The second-order valence-electron chi connectivity index (χ2n) is 4.76. The number of carbonyl (C=O) groups is 2. The summed E-state index contributed by atoms with van der Waals surface area (Å²) in [4.78, 5) is 24.8. The van der Waals surface area contributed by atoms with Crippen molar-refractivity contribution >= 4 is 17.4 Å². The van der Waals surface area contributed by atoms with E-state index in [-0.39, 0.29) is 17.8 Å². The predicted molar refractivity (Wildman–Crippen MR) is 70.0 cm³/mol. The lowest BCUT2D eigenvalue weighted by molar-refractivity contribution is -0.114. The molecule has 0 radical (unpaired) electrons. The van der Waals surface area contributed by atoms with Crippen LogP contribution in [0.25, 0.3) is 0 Å². The Morgan fingerprint density at radius 2 is 2.00 bits per heavy atom. The minimum Gasteiger partial charge on any atom is -0.304 e. The molecule has 3 rings (SSSR count). The first-order valence-corrected chi connectivity index (χ1v) is 6.31. The lowest BCUT2D eigenvalue weighted by Gasteiger charge is -2.16. The fraction of sp³-hybridized carbons (Fsp3) is 0.214. The summed E-state index contributed by atoms with van der Waals surface area (Å²) < 4.78 is 28.6. The van der Waals surface area contributed by atoms with Gasteiger partial charge in [-0.15, -0.1) is 0 Å². The van der Waals surface area contributed by atoms with Crippen LogP contribution in [0.3, 0.4) is 0 Å². The van der Waals surface area contributed by atoms with Crippen LogP contribution in [0.4, 0.5) is 14.5 Å². The van der Waals surface area contributed by atoms with Crippen LogP contribution in [0.2, 0.25) is 0 Å². The smallest absolute Gasteiger partial charge is 0.299 e. The van der Waals surface area contributed by atoms with Gasteiger partial charge in [0.05, 0.1) is 11.3 Å². The van der Waals surface area contributed by atoms with Gasteiger partial charge in [0.2, 0.25) is 0 Å². The summed E-state index contributed by atoms with van der Waals surface area (Å²) in [5, 5.41) is 3.99. The first kappa shape index (κ1) is 13.4. The van der Waals surface area contributed by atoms with Crippen LogP contribution in [0.1, 0.15) is 16.1 Å². The Morgan fingerprint density at radius 1 is 1.24 bits per heavy atom. The molecule has 0 N–H and O–H groups in total. The maximum Gasteiger partial charge on any atom is 0.299 e. The van der Waals surface area contributed by atoms with Crippen LogP contribution >= 0.6 is 0 Å². The highest BCUT2D eigenvalue weighted by molar-refractivity contribution is 6.52. The number of amides is 1. The average molecular weight is 291 g/mol. The normalized spacial score (nSPS) is 14.0. The summed E-state index contributed by atoms with van der Waals surface area (Å²) in [5.74, 6) is -3.60. The van der Waals surface area contributed by atoms with Crippen molar-refractivity contribution in [1.82, 2.24) is 9.78 Å². The standard InChI is InChI=1S/C14H11F2N3O2/c1-18-9(2-4-17-18)3-5-19-11-7-8(15)6-10(16)12(11)13(20)14(19)21/h2,4,6-7H,3,5H2,1H3. The summed E-state index contributed by atoms with van der Waals surface area (Å²) in [7, 11) is 1.75. The Kier molecular flexibility index (Phi) is 3.04. The van der Waals surface area contributed by atoms with Crippen LogP contribution in [-0.4, -0.2) is 28.0 Å². The molecule has 0 saturated carbocycles. The van der Waals surface area contributed by atoms with Gasteiger partial charge in [-0.2, -0.15) is 5.10 Å². The van der Waals surface area contributed by atoms with E-state index in [0.29, 0.717) is 12.5 Å². The second-order valence-corrected chi connectivity index (χ2v) is 4.76. The quantitative estimate of drug-likeness (QED) is 0.805. The van der Waals surface area contributed by atoms with E-state index in [1.807, 2.05) is 0 Å². The van der Waals surface area contributed by atoms with Crippen molar-refractivity contribution in [3.8, 4) is 0 Å². The van der Waals surface area contributed by atoms with Crippen LogP contribution < -0.4 is 4.90 Å². The Hall–Kier alpha value is -2.57. The van der Waals surface area contributed by atoms with E-state index in [4.69, 9.17) is 0 Å². The molecule has 1 aromatic carbocycles. The van der Waals surface area contributed by atoms with Gasteiger partial charge in [0, 0.05) is 38.0 Å². The summed E-state index contributed by atoms with van der Waals surface area (Å²) >= 11 is 0. The number of nitrogens with zero attached hydrogens (tertiary/aromatic N) is 3. The number of rotatable bonds is 3. The monoisotopic (exact) mass is 291 g/mol. The molecule has 2 aromatic rings. The van der Waals surface area contributed by atoms with Gasteiger partial charge < -0.3 is 4.90 Å². The fourth-order valence-corrected chi connectivity index (χ4v) is 2.43. The molecule has 1 aliphatic heterocycles. The molecule has 7 heteroatoms. The molecule has 2 heterocycles. The Morgan fingerprint density at radius 3 is 2.67 bits per heavy atom. The minimum atomic E-state index is -1.01. The van der Waals surface area contributed by atoms with E-state index >= 15 is 0 Å². The predicted octanol–water partition coefficient (Wildman–Crippen LogP) is 1.47. The molecule has 1 aromatic heterocycles. The minimum absolute atomic E-state index is 0.00957. The van der Waals surface area contributed by atoms with E-state index in [0.717, 1.165) is 16.7 Å². The number of hydrogen-bond acceptors (Lipinski definition) is 3. The Bertz CT molecular complexity index is 755. The Balaban J connectivity index is 1.92. The van der Waals surface area contributed by atoms with Crippen molar-refractivity contribution in [1.29, 1.82) is 0 Å². The number of aromatic nitrogens is 2. The number of halogens is 2. The third-order valence-electron chi connectivity index (χ3n) is 3.51. The van der Waals surface area contributed by atoms with Crippen molar-refractivity contribution in [2.75, 3.05) is 11.4 Å². The summed E-state index contributed by atoms with van der Waals surface area (Å²) in [6.45, 7) is 0.153. The van der Waals surface area contributed by atoms with Gasteiger partial charge >= 0.3 is 0 Å². The number of anilines is 1. The molecule has 1 amide bonds. The van der Waals surface area contributed by atoms with Crippen LogP contribution in [0, 0.1) is 11.6 Å². The van der Waals surface area contributed by atoms with Crippen LogP contribution in [0.15, 0.2) is 24.4 Å². The number of benzene rings is 1. The zero-order chi connectivity index (χ0) is 15.1. The lowest BCUT2D eigenvalue weighted by Crippen LogP contribution is -2.32.